The number of carbonyl (C=O) groups is 1. The molecule has 1 amide bonds. The van der Waals surface area contributed by atoms with Crippen LogP contribution in [0.3, 0.4) is 0 Å². The van der Waals surface area contributed by atoms with Crippen molar-refractivity contribution in [3.63, 3.8) is 0 Å². The van der Waals surface area contributed by atoms with E-state index in [-0.39, 0.29) is 18.7 Å². The minimum atomic E-state index is -0.296. The van der Waals surface area contributed by atoms with Gasteiger partial charge in [-0.1, -0.05) is 36.4 Å². The molecule has 0 aromatic heterocycles. The molecule has 1 fully saturated rings. The standard InChI is InChI=1S/C28H29N3O4/c1-19-9-11-24-26(15-19)35-25-12-10-22(33-3)16-23(25)27(29-24)30-13-14-31(20(2)17-30)28(32)34-18-21-7-5-4-6-8-21/h4-12,15-16,20H,13-14,17-18H2,1-3H3/t20-/m1/s1. The number of fused-ring (bicyclic) bond motifs is 2. The van der Waals surface area contributed by atoms with Crippen LogP contribution in [0.1, 0.15) is 23.6 Å². The number of methoxy groups -OCH3 is 1. The molecule has 0 aliphatic carbocycles. The fraction of sp³-hybridized carbons (Fsp3) is 0.286. The minimum absolute atomic E-state index is 0.0505. The van der Waals surface area contributed by atoms with Crippen LogP contribution in [0.25, 0.3) is 0 Å². The fourth-order valence-electron chi connectivity index (χ4n) is 4.45. The van der Waals surface area contributed by atoms with E-state index in [9.17, 15) is 4.79 Å². The molecule has 0 unspecified atom stereocenters. The van der Waals surface area contributed by atoms with Gasteiger partial charge in [0.25, 0.3) is 0 Å². The second-order valence-electron chi connectivity index (χ2n) is 8.90. The van der Waals surface area contributed by atoms with Gasteiger partial charge in [0.05, 0.1) is 12.7 Å². The molecule has 7 heteroatoms. The molecule has 180 valence electrons. The molecule has 7 nitrogen and oxygen atoms in total. The van der Waals surface area contributed by atoms with Crippen molar-refractivity contribution in [3.05, 3.63) is 83.4 Å². The van der Waals surface area contributed by atoms with Crippen LogP contribution in [-0.2, 0) is 11.3 Å². The number of ether oxygens (including phenoxy) is 3. The van der Waals surface area contributed by atoms with Crippen molar-refractivity contribution in [2.75, 3.05) is 26.7 Å². The molecule has 0 radical (unpaired) electrons. The van der Waals surface area contributed by atoms with E-state index in [1.54, 1.807) is 12.0 Å². The second-order valence-corrected chi connectivity index (χ2v) is 8.90. The van der Waals surface area contributed by atoms with Gasteiger partial charge in [0, 0.05) is 25.7 Å². The first-order valence-corrected chi connectivity index (χ1v) is 11.8. The molecule has 0 spiro atoms. The quantitative estimate of drug-likeness (QED) is 0.503. The summed E-state index contributed by atoms with van der Waals surface area (Å²) < 4.78 is 17.4. The molecule has 2 aliphatic rings. The zero-order valence-corrected chi connectivity index (χ0v) is 20.2. The van der Waals surface area contributed by atoms with Gasteiger partial charge in [-0.2, -0.15) is 0 Å². The van der Waals surface area contributed by atoms with Crippen molar-refractivity contribution < 1.29 is 19.0 Å². The summed E-state index contributed by atoms with van der Waals surface area (Å²) in [5.74, 6) is 3.00. The van der Waals surface area contributed by atoms with Crippen molar-refractivity contribution in [1.82, 2.24) is 9.80 Å². The van der Waals surface area contributed by atoms with Crippen molar-refractivity contribution in [3.8, 4) is 17.2 Å². The van der Waals surface area contributed by atoms with Gasteiger partial charge < -0.3 is 24.0 Å². The molecule has 3 aromatic carbocycles. The topological polar surface area (TPSA) is 63.6 Å². The lowest BCUT2D eigenvalue weighted by Gasteiger charge is -2.40. The second kappa shape index (κ2) is 9.70. The van der Waals surface area contributed by atoms with E-state index in [1.165, 1.54) is 0 Å². The Morgan fingerprint density at radius 2 is 1.89 bits per heavy atom. The third-order valence-electron chi connectivity index (χ3n) is 6.36. The van der Waals surface area contributed by atoms with E-state index in [0.717, 1.165) is 45.5 Å². The predicted molar refractivity (Wildman–Crippen MR) is 135 cm³/mol. The van der Waals surface area contributed by atoms with E-state index in [4.69, 9.17) is 19.2 Å². The van der Waals surface area contributed by atoms with E-state index in [0.29, 0.717) is 19.6 Å². The number of amides is 1. The van der Waals surface area contributed by atoms with Crippen LogP contribution < -0.4 is 9.47 Å². The highest BCUT2D eigenvalue weighted by molar-refractivity contribution is 6.04. The Balaban J connectivity index is 1.38. The molecule has 1 saturated heterocycles. The van der Waals surface area contributed by atoms with Gasteiger partial charge in [0.1, 0.15) is 29.6 Å². The number of aliphatic imine (C=N–C) groups is 1. The maximum Gasteiger partial charge on any atom is 0.410 e. The van der Waals surface area contributed by atoms with E-state index < -0.39 is 0 Å². The molecule has 35 heavy (non-hydrogen) atoms. The van der Waals surface area contributed by atoms with Crippen LogP contribution in [0.5, 0.6) is 17.2 Å². The SMILES string of the molecule is COc1ccc2c(c1)C(N1CCN(C(=O)OCc3ccccc3)[C@H](C)C1)=Nc1ccc(C)cc1O2. The lowest BCUT2D eigenvalue weighted by atomic mass is 10.1. The molecule has 5 rings (SSSR count). The van der Waals surface area contributed by atoms with Crippen molar-refractivity contribution in [2.24, 2.45) is 4.99 Å². The van der Waals surface area contributed by atoms with Crippen LogP contribution in [0.15, 0.2) is 71.7 Å². The van der Waals surface area contributed by atoms with Gasteiger partial charge in [-0.05, 0) is 55.3 Å². The van der Waals surface area contributed by atoms with Gasteiger partial charge in [-0.25, -0.2) is 9.79 Å². The summed E-state index contributed by atoms with van der Waals surface area (Å²) in [5.41, 5.74) is 3.72. The van der Waals surface area contributed by atoms with Gasteiger partial charge >= 0.3 is 6.09 Å². The smallest absolute Gasteiger partial charge is 0.410 e. The average Bonchev–Trinajstić information content (AvgIpc) is 3.03. The van der Waals surface area contributed by atoms with Gasteiger partial charge in [0.15, 0.2) is 5.75 Å². The maximum absolute atomic E-state index is 12.8. The Labute approximate surface area is 205 Å². The molecule has 0 bridgehead atoms. The Hall–Kier alpha value is -4.00. The van der Waals surface area contributed by atoms with Crippen LogP contribution >= 0.6 is 0 Å². The molecule has 0 saturated carbocycles. The number of aryl methyl sites for hydroxylation is 1. The highest BCUT2D eigenvalue weighted by Crippen LogP contribution is 2.40. The van der Waals surface area contributed by atoms with E-state index in [2.05, 4.69) is 4.90 Å². The molecule has 2 heterocycles. The van der Waals surface area contributed by atoms with Gasteiger partial charge in [-0.3, -0.25) is 0 Å². The monoisotopic (exact) mass is 471 g/mol. The first kappa shape index (κ1) is 22.8. The highest BCUT2D eigenvalue weighted by atomic mass is 16.6. The lowest BCUT2D eigenvalue weighted by molar-refractivity contribution is 0.0624. The Bertz CT molecular complexity index is 1260. The number of amidine groups is 1. The van der Waals surface area contributed by atoms with Crippen molar-refractivity contribution in [2.45, 2.75) is 26.5 Å². The third kappa shape index (κ3) is 4.80. The largest absolute Gasteiger partial charge is 0.497 e. The number of carbonyl (C=O) groups excluding carboxylic acids is 1. The number of piperazine rings is 1. The summed E-state index contributed by atoms with van der Waals surface area (Å²) in [6.45, 7) is 6.12. The predicted octanol–water partition coefficient (Wildman–Crippen LogP) is 5.53. The molecule has 0 N–H and O–H groups in total. The van der Waals surface area contributed by atoms with Crippen LogP contribution in [0.2, 0.25) is 0 Å². The maximum atomic E-state index is 12.8. The Kier molecular flexibility index (Phi) is 6.31. The summed E-state index contributed by atoms with van der Waals surface area (Å²) in [6, 6.07) is 21.4. The minimum Gasteiger partial charge on any atom is -0.497 e. The first-order valence-electron chi connectivity index (χ1n) is 11.8. The number of hydrogen-bond donors (Lipinski definition) is 0. The van der Waals surface area contributed by atoms with E-state index >= 15 is 0 Å². The number of nitrogens with zero attached hydrogens (tertiary/aromatic N) is 3. The summed E-state index contributed by atoms with van der Waals surface area (Å²) >= 11 is 0. The van der Waals surface area contributed by atoms with Crippen LogP contribution in [-0.4, -0.2) is 54.5 Å². The zero-order valence-electron chi connectivity index (χ0n) is 20.2. The molecule has 1 atom stereocenters. The van der Waals surface area contributed by atoms with E-state index in [1.807, 2.05) is 80.6 Å². The van der Waals surface area contributed by atoms with Crippen molar-refractivity contribution >= 4 is 17.6 Å². The summed E-state index contributed by atoms with van der Waals surface area (Å²) in [4.78, 5) is 21.8. The zero-order chi connectivity index (χ0) is 24.4. The Morgan fingerprint density at radius 3 is 2.66 bits per heavy atom. The molecule has 3 aromatic rings. The first-order chi connectivity index (χ1) is 17.0. The molecular weight excluding hydrogens is 442 g/mol. The normalized spacial score (nSPS) is 16.9. The third-order valence-corrected chi connectivity index (χ3v) is 6.36. The summed E-state index contributed by atoms with van der Waals surface area (Å²) in [6.07, 6.45) is -0.296. The molecular formula is C28H29N3O4. The Morgan fingerprint density at radius 1 is 1.06 bits per heavy atom. The number of rotatable bonds is 3. The highest BCUT2D eigenvalue weighted by Gasteiger charge is 2.32. The van der Waals surface area contributed by atoms with Crippen LogP contribution in [0, 0.1) is 6.92 Å². The summed E-state index contributed by atoms with van der Waals surface area (Å²) in [5, 5.41) is 0. The number of benzene rings is 3. The van der Waals surface area contributed by atoms with Gasteiger partial charge in [0.2, 0.25) is 0 Å². The van der Waals surface area contributed by atoms with Crippen molar-refractivity contribution in [1.29, 1.82) is 0 Å². The van der Waals surface area contributed by atoms with Crippen LogP contribution in [0.4, 0.5) is 10.5 Å². The van der Waals surface area contributed by atoms with Gasteiger partial charge in [-0.15, -0.1) is 0 Å². The molecule has 2 aliphatic heterocycles. The summed E-state index contributed by atoms with van der Waals surface area (Å²) in [7, 11) is 1.65. The number of hydrogen-bond acceptors (Lipinski definition) is 6. The lowest BCUT2D eigenvalue weighted by Crippen LogP contribution is -2.55. The fourth-order valence-corrected chi connectivity index (χ4v) is 4.45. The average molecular weight is 472 g/mol.